The number of rotatable bonds is 3. The van der Waals surface area contributed by atoms with Crippen LogP contribution in [-0.4, -0.2) is 17.7 Å². The summed E-state index contributed by atoms with van der Waals surface area (Å²) < 4.78 is 0. The van der Waals surface area contributed by atoms with Crippen molar-refractivity contribution in [1.82, 2.24) is 4.98 Å². The number of nitrogen functional groups attached to an aromatic ring is 1. The van der Waals surface area contributed by atoms with E-state index < -0.39 is 0 Å². The predicted molar refractivity (Wildman–Crippen MR) is 56.6 cm³/mol. The average molecular weight is 178 g/mol. The maximum absolute atomic E-state index is 5.69. The Morgan fingerprint density at radius 2 is 2.31 bits per heavy atom. The van der Waals surface area contributed by atoms with Crippen molar-refractivity contribution in [3.05, 3.63) is 12.3 Å². The summed E-state index contributed by atoms with van der Waals surface area (Å²) in [7, 11) is 0. The molecule has 1 rings (SSSR count). The van der Waals surface area contributed by atoms with Gasteiger partial charge >= 0.3 is 0 Å². The lowest BCUT2D eigenvalue weighted by Gasteiger charge is -2.11. The molecule has 0 bridgehead atoms. The van der Waals surface area contributed by atoms with E-state index >= 15 is 0 Å². The summed E-state index contributed by atoms with van der Waals surface area (Å²) in [5.41, 5.74) is 6.91. The van der Waals surface area contributed by atoms with Gasteiger partial charge in [-0.15, -0.1) is 0 Å². The maximum Gasteiger partial charge on any atom is 0.154 e. The Labute approximate surface area is 77.9 Å². The molecule has 0 radical (unpaired) electrons. The second kappa shape index (κ2) is 3.89. The number of hydrogen-bond acceptors (Lipinski definition) is 4. The van der Waals surface area contributed by atoms with E-state index in [4.69, 9.17) is 5.73 Å². The zero-order valence-corrected chi connectivity index (χ0v) is 7.91. The number of hydrogen-bond donors (Lipinski definition) is 2. The predicted octanol–water partition coefficient (Wildman–Crippen LogP) is 1.82. The average Bonchev–Trinajstić information content (AvgIpc) is 2.03. The summed E-state index contributed by atoms with van der Waals surface area (Å²) in [6.45, 7) is 7.50. The number of nitrogens with one attached hydrogen (secondary N) is 1. The van der Waals surface area contributed by atoms with Crippen LogP contribution in [0.5, 0.6) is 0 Å². The molecule has 4 nitrogen and oxygen atoms in total. The lowest BCUT2D eigenvalue weighted by molar-refractivity contribution is 0.889. The van der Waals surface area contributed by atoms with E-state index in [-0.39, 0.29) is 0 Å². The summed E-state index contributed by atoms with van der Waals surface area (Å²) >= 11 is 0. The second-order valence-corrected chi connectivity index (χ2v) is 3.05. The zero-order chi connectivity index (χ0) is 9.84. The Bertz CT molecular complexity index is 306. The van der Waals surface area contributed by atoms with Gasteiger partial charge in [-0.05, 0) is 26.6 Å². The van der Waals surface area contributed by atoms with Gasteiger partial charge in [0.15, 0.2) is 5.82 Å². The Morgan fingerprint density at radius 1 is 1.62 bits per heavy atom. The van der Waals surface area contributed by atoms with Gasteiger partial charge in [-0.2, -0.15) is 0 Å². The van der Waals surface area contributed by atoms with Gasteiger partial charge in [0.05, 0.1) is 5.69 Å². The van der Waals surface area contributed by atoms with E-state index in [1.54, 1.807) is 12.3 Å². The fourth-order valence-corrected chi connectivity index (χ4v) is 1.01. The maximum atomic E-state index is 5.69. The van der Waals surface area contributed by atoms with Crippen LogP contribution in [0.25, 0.3) is 0 Å². The Morgan fingerprint density at radius 3 is 2.85 bits per heavy atom. The van der Waals surface area contributed by atoms with Crippen molar-refractivity contribution in [3.63, 3.8) is 0 Å². The highest BCUT2D eigenvalue weighted by Crippen LogP contribution is 2.28. The van der Waals surface area contributed by atoms with Crippen LogP contribution in [0.2, 0.25) is 0 Å². The molecular formula is C9H14N4. The van der Waals surface area contributed by atoms with E-state index in [1.165, 1.54) is 0 Å². The molecule has 13 heavy (non-hydrogen) atoms. The summed E-state index contributed by atoms with van der Waals surface area (Å²) in [4.78, 5) is 7.95. The third-order valence-electron chi connectivity index (χ3n) is 1.54. The quantitative estimate of drug-likeness (QED) is 0.694. The van der Waals surface area contributed by atoms with Gasteiger partial charge in [0.1, 0.15) is 5.69 Å². The highest BCUT2D eigenvalue weighted by Gasteiger charge is 2.05. The van der Waals surface area contributed by atoms with Gasteiger partial charge in [0, 0.05) is 12.2 Å². The van der Waals surface area contributed by atoms with E-state index in [9.17, 15) is 0 Å². The first-order valence-corrected chi connectivity index (χ1v) is 4.13. The van der Waals surface area contributed by atoms with Crippen LogP contribution < -0.4 is 11.1 Å². The molecule has 0 spiro atoms. The van der Waals surface area contributed by atoms with Crippen LogP contribution in [0.4, 0.5) is 17.2 Å². The van der Waals surface area contributed by atoms with E-state index in [2.05, 4.69) is 22.0 Å². The highest BCUT2D eigenvalue weighted by atomic mass is 15.0. The first kappa shape index (κ1) is 9.51. The summed E-state index contributed by atoms with van der Waals surface area (Å²) in [5.74, 6) is 0.685. The Balaban J connectivity index is 3.05. The monoisotopic (exact) mass is 178 g/mol. The summed E-state index contributed by atoms with van der Waals surface area (Å²) in [5, 5.41) is 3.14. The Hall–Kier alpha value is -1.58. The molecular weight excluding hydrogens is 164 g/mol. The largest absolute Gasteiger partial charge is 0.397 e. The number of nitrogens with two attached hydrogens (primary N) is 1. The number of anilines is 2. The van der Waals surface area contributed by atoms with Crippen molar-refractivity contribution in [2.24, 2.45) is 4.99 Å². The van der Waals surface area contributed by atoms with Gasteiger partial charge in [-0.3, -0.25) is 4.99 Å². The van der Waals surface area contributed by atoms with Gasteiger partial charge in [0.25, 0.3) is 0 Å². The van der Waals surface area contributed by atoms with Gasteiger partial charge in [-0.1, -0.05) is 0 Å². The van der Waals surface area contributed by atoms with Gasteiger partial charge in [-0.25, -0.2) is 4.98 Å². The summed E-state index contributed by atoms with van der Waals surface area (Å²) in [6.07, 6.45) is 1.65. The summed E-state index contributed by atoms with van der Waals surface area (Å²) in [6, 6.07) is 2.00. The molecule has 0 aliphatic carbocycles. The molecule has 3 N–H and O–H groups in total. The minimum Gasteiger partial charge on any atom is -0.397 e. The second-order valence-electron chi connectivity index (χ2n) is 3.05. The molecule has 70 valence electrons. The zero-order valence-electron chi connectivity index (χ0n) is 7.91. The van der Waals surface area contributed by atoms with E-state index in [1.807, 2.05) is 13.8 Å². The number of nitrogens with zero attached hydrogens (tertiary/aromatic N) is 2. The van der Waals surface area contributed by atoms with E-state index in [0.717, 1.165) is 0 Å². The molecule has 0 fully saturated rings. The minimum absolute atomic E-state index is 0.301. The van der Waals surface area contributed by atoms with Crippen LogP contribution in [0.1, 0.15) is 13.8 Å². The molecule has 1 heterocycles. The van der Waals surface area contributed by atoms with Crippen molar-refractivity contribution in [1.29, 1.82) is 0 Å². The first-order chi connectivity index (χ1) is 6.15. The third kappa shape index (κ3) is 2.18. The fraction of sp³-hybridized carbons (Fsp3) is 0.333. The molecule has 0 saturated heterocycles. The van der Waals surface area contributed by atoms with Crippen molar-refractivity contribution >= 4 is 23.9 Å². The minimum atomic E-state index is 0.301. The Kier molecular flexibility index (Phi) is 2.84. The third-order valence-corrected chi connectivity index (χ3v) is 1.54. The normalized spacial score (nSPS) is 10.1. The molecule has 1 aromatic heterocycles. The van der Waals surface area contributed by atoms with Crippen LogP contribution >= 0.6 is 0 Å². The van der Waals surface area contributed by atoms with E-state index in [0.29, 0.717) is 23.2 Å². The van der Waals surface area contributed by atoms with Gasteiger partial charge in [0.2, 0.25) is 0 Å². The van der Waals surface area contributed by atoms with Gasteiger partial charge < -0.3 is 11.1 Å². The highest BCUT2D eigenvalue weighted by molar-refractivity contribution is 5.76. The molecule has 1 aromatic rings. The molecule has 0 aromatic carbocycles. The van der Waals surface area contributed by atoms with Crippen LogP contribution in [0, 0.1) is 0 Å². The first-order valence-electron chi connectivity index (χ1n) is 4.13. The number of aliphatic imine (C=N–C) groups is 1. The van der Waals surface area contributed by atoms with Crippen LogP contribution in [0.3, 0.4) is 0 Å². The van der Waals surface area contributed by atoms with Crippen molar-refractivity contribution in [2.45, 2.75) is 19.9 Å². The smallest absolute Gasteiger partial charge is 0.154 e. The van der Waals surface area contributed by atoms with Crippen molar-refractivity contribution < 1.29 is 0 Å². The molecule has 0 atom stereocenters. The van der Waals surface area contributed by atoms with Crippen LogP contribution in [-0.2, 0) is 0 Å². The SMILES string of the molecule is C=Nc1c(N)ccnc1NC(C)C. The molecule has 0 aliphatic rings. The molecule has 0 amide bonds. The lowest BCUT2D eigenvalue weighted by Crippen LogP contribution is -2.11. The van der Waals surface area contributed by atoms with Crippen molar-refractivity contribution in [3.8, 4) is 0 Å². The van der Waals surface area contributed by atoms with Crippen LogP contribution in [0.15, 0.2) is 17.3 Å². The number of pyridine rings is 1. The molecule has 0 aliphatic heterocycles. The standard InChI is InChI=1S/C9H14N4/c1-6(2)13-9-8(11-3)7(10)4-5-12-9/h4-6H,3H2,1-2H3,(H3,10,12,13). The lowest BCUT2D eigenvalue weighted by atomic mass is 10.3. The molecule has 0 saturated carbocycles. The van der Waals surface area contributed by atoms with Crippen molar-refractivity contribution in [2.75, 3.05) is 11.1 Å². The fourth-order valence-electron chi connectivity index (χ4n) is 1.01. The molecule has 4 heteroatoms. The molecule has 0 unspecified atom stereocenters. The number of aromatic nitrogens is 1. The topological polar surface area (TPSA) is 63.3 Å².